The van der Waals surface area contributed by atoms with Crippen molar-refractivity contribution in [2.24, 2.45) is 11.8 Å². The van der Waals surface area contributed by atoms with Crippen LogP contribution in [-0.4, -0.2) is 12.6 Å². The van der Waals surface area contributed by atoms with Crippen molar-refractivity contribution in [1.29, 1.82) is 0 Å². The van der Waals surface area contributed by atoms with Gasteiger partial charge in [-0.3, -0.25) is 0 Å². The first-order valence-electron chi connectivity index (χ1n) is 9.45. The standard InChI is InChI=1S/C10H18O2.C9H12.C4H10/c1-8(2)6-5-7-12-10(11)9(3)4;1-8(2)9-6-4-3-5-7-9;1-4(2)3/h8H,3,5-7H2,1-2,4H3;3-8H,1-2H3;4H,1-3H3. The van der Waals surface area contributed by atoms with Crippen LogP contribution in [0.2, 0.25) is 0 Å². The van der Waals surface area contributed by atoms with Crippen molar-refractivity contribution in [3.63, 3.8) is 0 Å². The molecule has 25 heavy (non-hydrogen) atoms. The summed E-state index contributed by atoms with van der Waals surface area (Å²) in [6.45, 7) is 20.9. The Morgan fingerprint density at radius 2 is 1.48 bits per heavy atom. The van der Waals surface area contributed by atoms with Gasteiger partial charge in [0.25, 0.3) is 0 Å². The van der Waals surface area contributed by atoms with Gasteiger partial charge in [-0.15, -0.1) is 0 Å². The van der Waals surface area contributed by atoms with E-state index >= 15 is 0 Å². The molecule has 1 aromatic carbocycles. The van der Waals surface area contributed by atoms with Gasteiger partial charge in [-0.2, -0.15) is 0 Å². The van der Waals surface area contributed by atoms with Gasteiger partial charge in [-0.1, -0.05) is 85.4 Å². The van der Waals surface area contributed by atoms with E-state index in [-0.39, 0.29) is 5.97 Å². The molecule has 0 aliphatic heterocycles. The molecule has 0 unspecified atom stereocenters. The molecule has 0 amide bonds. The summed E-state index contributed by atoms with van der Waals surface area (Å²) in [5.74, 6) is 1.89. The average Bonchev–Trinajstić information content (AvgIpc) is 2.52. The van der Waals surface area contributed by atoms with E-state index in [2.05, 4.69) is 79.3 Å². The molecule has 0 saturated carbocycles. The first-order chi connectivity index (χ1) is 11.6. The van der Waals surface area contributed by atoms with E-state index in [9.17, 15) is 4.79 Å². The molecule has 0 atom stereocenters. The average molecular weight is 349 g/mol. The maximum absolute atomic E-state index is 10.9. The van der Waals surface area contributed by atoms with Crippen LogP contribution >= 0.6 is 0 Å². The lowest BCUT2D eigenvalue weighted by Gasteiger charge is -2.05. The van der Waals surface area contributed by atoms with Crippen LogP contribution < -0.4 is 0 Å². The lowest BCUT2D eigenvalue weighted by atomic mass is 10.0. The second-order valence-corrected chi connectivity index (χ2v) is 7.75. The predicted octanol–water partition coefficient (Wildman–Crippen LogP) is 7.01. The first kappa shape index (κ1) is 25.7. The molecule has 2 nitrogen and oxygen atoms in total. The Kier molecular flexibility index (Phi) is 16.4. The van der Waals surface area contributed by atoms with E-state index in [4.69, 9.17) is 4.74 Å². The zero-order chi connectivity index (χ0) is 19.8. The molecule has 1 rings (SSSR count). The highest BCUT2D eigenvalue weighted by Gasteiger charge is 2.02. The number of esters is 1. The number of carbonyl (C=O) groups excluding carboxylic acids is 1. The zero-order valence-electron chi connectivity index (χ0n) is 17.8. The smallest absolute Gasteiger partial charge is 0.333 e. The van der Waals surface area contributed by atoms with E-state index in [1.807, 2.05) is 6.07 Å². The Bertz CT molecular complexity index is 442. The van der Waals surface area contributed by atoms with Crippen LogP contribution in [0.1, 0.15) is 79.7 Å². The molecular weight excluding hydrogens is 308 g/mol. The second-order valence-electron chi connectivity index (χ2n) is 7.75. The van der Waals surface area contributed by atoms with Crippen molar-refractivity contribution in [3.05, 3.63) is 48.0 Å². The fourth-order valence-corrected chi connectivity index (χ4v) is 1.62. The van der Waals surface area contributed by atoms with Crippen molar-refractivity contribution in [2.45, 2.75) is 74.1 Å². The first-order valence-corrected chi connectivity index (χ1v) is 9.45. The topological polar surface area (TPSA) is 26.3 Å². The maximum Gasteiger partial charge on any atom is 0.333 e. The molecule has 0 spiro atoms. The van der Waals surface area contributed by atoms with E-state index < -0.39 is 0 Å². The highest BCUT2D eigenvalue weighted by Crippen LogP contribution is 2.11. The van der Waals surface area contributed by atoms with Crippen LogP contribution in [-0.2, 0) is 9.53 Å². The number of ether oxygens (including phenoxy) is 1. The Morgan fingerprint density at radius 1 is 1.00 bits per heavy atom. The normalized spacial score (nSPS) is 9.88. The Morgan fingerprint density at radius 3 is 1.80 bits per heavy atom. The van der Waals surface area contributed by atoms with Crippen LogP contribution in [0.15, 0.2) is 42.5 Å². The maximum atomic E-state index is 10.9. The number of benzene rings is 1. The minimum absolute atomic E-state index is 0.279. The molecule has 0 radical (unpaired) electrons. The summed E-state index contributed by atoms with van der Waals surface area (Å²) in [7, 11) is 0. The molecule has 0 aliphatic rings. The zero-order valence-corrected chi connectivity index (χ0v) is 17.8. The molecule has 144 valence electrons. The molecule has 0 heterocycles. The number of carbonyl (C=O) groups is 1. The Balaban J connectivity index is 0. The van der Waals surface area contributed by atoms with Crippen LogP contribution in [0.25, 0.3) is 0 Å². The number of hydrogen-bond acceptors (Lipinski definition) is 2. The van der Waals surface area contributed by atoms with Crippen molar-refractivity contribution in [3.8, 4) is 0 Å². The molecule has 0 saturated heterocycles. The van der Waals surface area contributed by atoms with Crippen molar-refractivity contribution >= 4 is 5.97 Å². The van der Waals surface area contributed by atoms with Gasteiger partial charge in [0, 0.05) is 5.57 Å². The second kappa shape index (κ2) is 15.9. The monoisotopic (exact) mass is 348 g/mol. The lowest BCUT2D eigenvalue weighted by Crippen LogP contribution is -2.06. The van der Waals surface area contributed by atoms with Crippen LogP contribution in [0.4, 0.5) is 0 Å². The van der Waals surface area contributed by atoms with Gasteiger partial charge in [-0.05, 0) is 43.1 Å². The van der Waals surface area contributed by atoms with Gasteiger partial charge in [0.2, 0.25) is 0 Å². The summed E-state index contributed by atoms with van der Waals surface area (Å²) in [4.78, 5) is 10.9. The van der Waals surface area contributed by atoms with Gasteiger partial charge in [0.1, 0.15) is 0 Å². The van der Waals surface area contributed by atoms with Gasteiger partial charge < -0.3 is 4.74 Å². The highest BCUT2D eigenvalue weighted by atomic mass is 16.5. The van der Waals surface area contributed by atoms with Crippen molar-refractivity contribution in [1.82, 2.24) is 0 Å². The number of hydrogen-bond donors (Lipinski definition) is 0. The SMILES string of the molecule is C=C(C)C(=O)OCCCC(C)C.CC(C)C.CC(C)c1ccccc1. The van der Waals surface area contributed by atoms with E-state index in [1.165, 1.54) is 5.56 Å². The summed E-state index contributed by atoms with van der Waals surface area (Å²) < 4.78 is 4.92. The van der Waals surface area contributed by atoms with Gasteiger partial charge in [0.15, 0.2) is 0 Å². The van der Waals surface area contributed by atoms with Gasteiger partial charge >= 0.3 is 5.97 Å². The molecule has 0 aromatic heterocycles. The predicted molar refractivity (Wildman–Crippen MR) is 111 cm³/mol. The summed E-state index contributed by atoms with van der Waals surface area (Å²) in [6.07, 6.45) is 2.04. The quantitative estimate of drug-likeness (QED) is 0.314. The van der Waals surface area contributed by atoms with Crippen LogP contribution in [0.5, 0.6) is 0 Å². The molecule has 0 aliphatic carbocycles. The Labute approximate surface area is 156 Å². The van der Waals surface area contributed by atoms with Crippen molar-refractivity contribution in [2.75, 3.05) is 6.61 Å². The highest BCUT2D eigenvalue weighted by molar-refractivity contribution is 5.86. The Hall–Kier alpha value is -1.57. The molecule has 0 fully saturated rings. The molecule has 2 heteroatoms. The largest absolute Gasteiger partial charge is 0.462 e. The fourth-order valence-electron chi connectivity index (χ4n) is 1.62. The lowest BCUT2D eigenvalue weighted by molar-refractivity contribution is -0.139. The minimum Gasteiger partial charge on any atom is -0.462 e. The minimum atomic E-state index is -0.279. The van der Waals surface area contributed by atoms with Gasteiger partial charge in [-0.25, -0.2) is 4.79 Å². The summed E-state index contributed by atoms with van der Waals surface area (Å²) >= 11 is 0. The molecule has 0 bridgehead atoms. The van der Waals surface area contributed by atoms with Crippen LogP contribution in [0.3, 0.4) is 0 Å². The van der Waals surface area contributed by atoms with E-state index in [0.29, 0.717) is 24.0 Å². The summed E-state index contributed by atoms with van der Waals surface area (Å²) in [5.41, 5.74) is 1.89. The molecule has 1 aromatic rings. The van der Waals surface area contributed by atoms with Gasteiger partial charge in [0.05, 0.1) is 6.61 Å². The molecule has 0 N–H and O–H groups in total. The summed E-state index contributed by atoms with van der Waals surface area (Å²) in [5, 5.41) is 0. The third-order valence-corrected chi connectivity index (χ3v) is 2.97. The van der Waals surface area contributed by atoms with Crippen molar-refractivity contribution < 1.29 is 9.53 Å². The third kappa shape index (κ3) is 20.4. The number of rotatable bonds is 6. The fraction of sp³-hybridized carbons (Fsp3) is 0.609. The van der Waals surface area contributed by atoms with E-state index in [0.717, 1.165) is 18.8 Å². The van der Waals surface area contributed by atoms with Crippen LogP contribution in [0, 0.1) is 11.8 Å². The van der Waals surface area contributed by atoms with E-state index in [1.54, 1.807) is 6.92 Å². The third-order valence-electron chi connectivity index (χ3n) is 2.97. The summed E-state index contributed by atoms with van der Waals surface area (Å²) in [6, 6.07) is 10.5. The molecular formula is C23H40O2.